The first-order valence-corrected chi connectivity index (χ1v) is 10.1. The highest BCUT2D eigenvalue weighted by Crippen LogP contribution is 2.29. The Balaban J connectivity index is 1.37. The minimum absolute atomic E-state index is 0.162. The van der Waals surface area contributed by atoms with Crippen molar-refractivity contribution in [1.82, 2.24) is 14.9 Å². The fourth-order valence-electron chi connectivity index (χ4n) is 3.72. The molecule has 0 unspecified atom stereocenters. The molecular formula is C21H24N6O4. The van der Waals surface area contributed by atoms with Crippen LogP contribution < -0.4 is 15.0 Å². The molecule has 1 aliphatic rings. The number of imidazole rings is 1. The van der Waals surface area contributed by atoms with Crippen LogP contribution in [0.2, 0.25) is 0 Å². The number of hydrogen-bond donors (Lipinski definition) is 2. The number of amides is 1. The second kappa shape index (κ2) is 9.00. The predicted molar refractivity (Wildman–Crippen MR) is 118 cm³/mol. The Labute approximate surface area is 179 Å². The molecule has 31 heavy (non-hydrogen) atoms. The summed E-state index contributed by atoms with van der Waals surface area (Å²) in [7, 11) is 1.44. The van der Waals surface area contributed by atoms with Crippen LogP contribution in [0, 0.1) is 10.1 Å². The van der Waals surface area contributed by atoms with Crippen molar-refractivity contribution in [3.8, 4) is 5.75 Å². The highest BCUT2D eigenvalue weighted by Gasteiger charge is 2.21. The first-order valence-electron chi connectivity index (χ1n) is 10.1. The zero-order valence-corrected chi connectivity index (χ0v) is 17.2. The third-order valence-corrected chi connectivity index (χ3v) is 5.31. The minimum atomic E-state index is -0.532. The Morgan fingerprint density at radius 3 is 2.84 bits per heavy atom. The molecule has 2 heterocycles. The number of aromatic nitrogens is 2. The number of nitrogens with one attached hydrogen (secondary N) is 2. The van der Waals surface area contributed by atoms with E-state index >= 15 is 0 Å². The van der Waals surface area contributed by atoms with Crippen LogP contribution in [0.25, 0.3) is 11.0 Å². The van der Waals surface area contributed by atoms with Gasteiger partial charge in [0.05, 0.1) is 35.7 Å². The number of rotatable bonds is 6. The molecule has 1 aliphatic heterocycles. The van der Waals surface area contributed by atoms with Gasteiger partial charge in [-0.25, -0.2) is 4.98 Å². The molecule has 0 bridgehead atoms. The zero-order chi connectivity index (χ0) is 21.8. The molecule has 2 aromatic carbocycles. The van der Waals surface area contributed by atoms with E-state index in [0.29, 0.717) is 12.3 Å². The van der Waals surface area contributed by atoms with Crippen LogP contribution in [0.3, 0.4) is 0 Å². The summed E-state index contributed by atoms with van der Waals surface area (Å²) in [6.45, 7) is 3.18. The molecule has 1 aromatic heterocycles. The molecule has 1 fully saturated rings. The van der Waals surface area contributed by atoms with E-state index in [1.807, 2.05) is 29.2 Å². The minimum Gasteiger partial charge on any atom is -0.496 e. The van der Waals surface area contributed by atoms with Gasteiger partial charge in [-0.1, -0.05) is 12.1 Å². The Kier molecular flexibility index (Phi) is 5.99. The number of benzene rings is 2. The van der Waals surface area contributed by atoms with Gasteiger partial charge < -0.3 is 19.9 Å². The first-order chi connectivity index (χ1) is 15.0. The van der Waals surface area contributed by atoms with Crippen LogP contribution in [0.1, 0.15) is 6.42 Å². The summed E-state index contributed by atoms with van der Waals surface area (Å²) in [6.07, 6.45) is 0.882. The molecule has 3 aromatic rings. The Bertz CT molecular complexity index is 1070. The van der Waals surface area contributed by atoms with Gasteiger partial charge in [0.15, 0.2) is 0 Å². The van der Waals surface area contributed by atoms with Crippen molar-refractivity contribution < 1.29 is 14.5 Å². The molecule has 0 spiro atoms. The molecule has 1 amide bonds. The number of fused-ring (bicyclic) bond motifs is 1. The van der Waals surface area contributed by atoms with Gasteiger partial charge in [-0.2, -0.15) is 0 Å². The van der Waals surface area contributed by atoms with Crippen LogP contribution in [0.4, 0.5) is 17.3 Å². The van der Waals surface area contributed by atoms with Crippen molar-refractivity contribution in [3.05, 3.63) is 52.6 Å². The van der Waals surface area contributed by atoms with Gasteiger partial charge in [-0.15, -0.1) is 0 Å². The molecule has 0 radical (unpaired) electrons. The van der Waals surface area contributed by atoms with Crippen molar-refractivity contribution in [3.63, 3.8) is 0 Å². The van der Waals surface area contributed by atoms with E-state index in [2.05, 4.69) is 20.2 Å². The Morgan fingerprint density at radius 2 is 2.06 bits per heavy atom. The normalized spacial score (nSPS) is 14.9. The van der Waals surface area contributed by atoms with Gasteiger partial charge in [0.25, 0.3) is 5.69 Å². The Hall–Kier alpha value is -3.66. The van der Waals surface area contributed by atoms with E-state index in [-0.39, 0.29) is 23.8 Å². The molecule has 10 heteroatoms. The fourth-order valence-corrected chi connectivity index (χ4v) is 3.72. The van der Waals surface area contributed by atoms with Gasteiger partial charge in [0.2, 0.25) is 11.9 Å². The van der Waals surface area contributed by atoms with Crippen molar-refractivity contribution in [2.75, 3.05) is 50.1 Å². The number of hydrogen-bond acceptors (Lipinski definition) is 7. The average Bonchev–Trinajstić information content (AvgIpc) is 3.06. The maximum absolute atomic E-state index is 12.6. The lowest BCUT2D eigenvalue weighted by Gasteiger charge is -2.21. The first kappa shape index (κ1) is 20.6. The summed E-state index contributed by atoms with van der Waals surface area (Å²) in [4.78, 5) is 35.6. The Morgan fingerprint density at radius 1 is 1.23 bits per heavy atom. The third kappa shape index (κ3) is 4.75. The maximum Gasteiger partial charge on any atom is 0.296 e. The van der Waals surface area contributed by atoms with Crippen LogP contribution in [0.5, 0.6) is 5.75 Å². The SMILES string of the molecule is COc1ccc(NC(=O)CN2CCCN(c3nc4ccccc4[nH]3)CC2)c([N+](=O)[O-])c1. The number of nitro benzene ring substituents is 1. The summed E-state index contributed by atoms with van der Waals surface area (Å²) in [6, 6.07) is 12.3. The third-order valence-electron chi connectivity index (χ3n) is 5.31. The van der Waals surface area contributed by atoms with Crippen LogP contribution in [-0.2, 0) is 4.79 Å². The maximum atomic E-state index is 12.6. The molecule has 0 aliphatic carbocycles. The van der Waals surface area contributed by atoms with Gasteiger partial charge >= 0.3 is 0 Å². The lowest BCUT2D eigenvalue weighted by Crippen LogP contribution is -2.36. The van der Waals surface area contributed by atoms with Gasteiger partial charge in [0, 0.05) is 26.2 Å². The smallest absolute Gasteiger partial charge is 0.296 e. The van der Waals surface area contributed by atoms with Crippen molar-refractivity contribution in [1.29, 1.82) is 0 Å². The van der Waals surface area contributed by atoms with Crippen LogP contribution in [0.15, 0.2) is 42.5 Å². The number of nitro groups is 1. The van der Waals surface area contributed by atoms with Crippen molar-refractivity contribution in [2.45, 2.75) is 6.42 Å². The van der Waals surface area contributed by atoms with Crippen molar-refractivity contribution >= 4 is 34.3 Å². The lowest BCUT2D eigenvalue weighted by atomic mass is 10.2. The number of ether oxygens (including phenoxy) is 1. The second-order valence-electron chi connectivity index (χ2n) is 7.38. The predicted octanol–water partition coefficient (Wildman–Crippen LogP) is 2.63. The highest BCUT2D eigenvalue weighted by atomic mass is 16.6. The van der Waals surface area contributed by atoms with E-state index in [0.717, 1.165) is 43.0 Å². The molecular weight excluding hydrogens is 400 g/mol. The summed E-state index contributed by atoms with van der Waals surface area (Å²) in [5.74, 6) is 0.912. The largest absolute Gasteiger partial charge is 0.496 e. The van der Waals surface area contributed by atoms with Gasteiger partial charge in [-0.3, -0.25) is 19.8 Å². The average molecular weight is 424 g/mol. The topological polar surface area (TPSA) is 117 Å². The number of H-pyrrole nitrogens is 1. The fraction of sp³-hybridized carbons (Fsp3) is 0.333. The quantitative estimate of drug-likeness (QED) is 0.461. The van der Waals surface area contributed by atoms with E-state index in [9.17, 15) is 14.9 Å². The van der Waals surface area contributed by atoms with E-state index < -0.39 is 4.92 Å². The lowest BCUT2D eigenvalue weighted by molar-refractivity contribution is -0.384. The number of carbonyl (C=O) groups is 1. The monoisotopic (exact) mass is 424 g/mol. The zero-order valence-electron chi connectivity index (χ0n) is 17.2. The van der Waals surface area contributed by atoms with Crippen LogP contribution >= 0.6 is 0 Å². The number of anilines is 2. The molecule has 1 saturated heterocycles. The number of nitrogens with zero attached hydrogens (tertiary/aromatic N) is 4. The highest BCUT2D eigenvalue weighted by molar-refractivity contribution is 5.94. The summed E-state index contributed by atoms with van der Waals surface area (Å²) >= 11 is 0. The van der Waals surface area contributed by atoms with E-state index in [1.165, 1.54) is 19.2 Å². The summed E-state index contributed by atoms with van der Waals surface area (Å²) < 4.78 is 5.03. The number of carbonyl (C=O) groups excluding carboxylic acids is 1. The summed E-state index contributed by atoms with van der Waals surface area (Å²) in [5, 5.41) is 14.0. The van der Waals surface area contributed by atoms with Crippen LogP contribution in [-0.4, -0.2) is 65.5 Å². The molecule has 0 atom stereocenters. The molecule has 162 valence electrons. The van der Waals surface area contributed by atoms with E-state index in [1.54, 1.807) is 6.07 Å². The standard InChI is InChI=1S/C21H24N6O4/c1-31-15-7-8-18(19(13-15)27(29)30)22-20(28)14-25-9-4-10-26(12-11-25)21-23-16-5-2-3-6-17(16)24-21/h2-3,5-8,13H,4,9-12,14H2,1H3,(H,22,28)(H,23,24). The number of methoxy groups -OCH3 is 1. The molecule has 0 saturated carbocycles. The second-order valence-corrected chi connectivity index (χ2v) is 7.38. The molecule has 10 nitrogen and oxygen atoms in total. The number of para-hydroxylation sites is 2. The molecule has 4 rings (SSSR count). The molecule has 2 N–H and O–H groups in total. The number of aromatic amines is 1. The van der Waals surface area contributed by atoms with Gasteiger partial charge in [0.1, 0.15) is 11.4 Å². The van der Waals surface area contributed by atoms with Crippen molar-refractivity contribution in [2.24, 2.45) is 0 Å². The van der Waals surface area contributed by atoms with E-state index in [4.69, 9.17) is 4.74 Å². The van der Waals surface area contributed by atoms with Gasteiger partial charge in [-0.05, 0) is 30.7 Å². The summed E-state index contributed by atoms with van der Waals surface area (Å²) in [5.41, 5.74) is 1.90.